The van der Waals surface area contributed by atoms with Crippen LogP contribution in [0.4, 0.5) is 0 Å². The third kappa shape index (κ3) is 5.39. The van der Waals surface area contributed by atoms with Gasteiger partial charge in [0.1, 0.15) is 12.4 Å². The van der Waals surface area contributed by atoms with E-state index in [4.69, 9.17) is 10.6 Å². The van der Waals surface area contributed by atoms with E-state index in [2.05, 4.69) is 35.4 Å². The highest BCUT2D eigenvalue weighted by atomic mass is 32.2. The van der Waals surface area contributed by atoms with Gasteiger partial charge in [0.2, 0.25) is 11.1 Å². The van der Waals surface area contributed by atoms with Gasteiger partial charge in [-0.05, 0) is 38.3 Å². The molecule has 0 unspecified atom stereocenters. The summed E-state index contributed by atoms with van der Waals surface area (Å²) in [6, 6.07) is 5.98. The van der Waals surface area contributed by atoms with Gasteiger partial charge in [-0.1, -0.05) is 43.3 Å². The van der Waals surface area contributed by atoms with Crippen molar-refractivity contribution in [3.8, 4) is 5.75 Å². The molecule has 1 aromatic carbocycles. The molecule has 0 fully saturated rings. The number of aryl methyl sites for hydroxylation is 2. The van der Waals surface area contributed by atoms with Crippen molar-refractivity contribution >= 4 is 17.7 Å². The second kappa shape index (κ2) is 8.93. The van der Waals surface area contributed by atoms with Gasteiger partial charge >= 0.3 is 0 Å². The van der Waals surface area contributed by atoms with E-state index in [9.17, 15) is 4.79 Å². The third-order valence-corrected chi connectivity index (χ3v) is 4.82. The van der Waals surface area contributed by atoms with E-state index in [1.807, 2.05) is 32.9 Å². The molecule has 0 radical (unpaired) electrons. The lowest BCUT2D eigenvalue weighted by Crippen LogP contribution is -2.33. The van der Waals surface area contributed by atoms with Gasteiger partial charge in [-0.2, -0.15) is 0 Å². The van der Waals surface area contributed by atoms with Crippen molar-refractivity contribution in [1.82, 2.24) is 20.2 Å². The Hall–Kier alpha value is -2.22. The molecule has 1 atom stereocenters. The van der Waals surface area contributed by atoms with Crippen LogP contribution in [0.15, 0.2) is 23.4 Å². The first-order valence-electron chi connectivity index (χ1n) is 8.61. The summed E-state index contributed by atoms with van der Waals surface area (Å²) < 4.78 is 7.17. The van der Waals surface area contributed by atoms with Gasteiger partial charge in [-0.3, -0.25) is 4.79 Å². The molecule has 0 saturated heterocycles. The summed E-state index contributed by atoms with van der Waals surface area (Å²) in [5.74, 6) is 7.71. The summed E-state index contributed by atoms with van der Waals surface area (Å²) >= 11 is 1.27. The summed E-state index contributed by atoms with van der Waals surface area (Å²) in [6.07, 6.45) is 0. The normalized spacial score (nSPS) is 12.2. The van der Waals surface area contributed by atoms with Gasteiger partial charge in [0.25, 0.3) is 0 Å². The Morgan fingerprint density at radius 1 is 1.31 bits per heavy atom. The van der Waals surface area contributed by atoms with Crippen LogP contribution in [0.25, 0.3) is 0 Å². The summed E-state index contributed by atoms with van der Waals surface area (Å²) in [4.78, 5) is 12.1. The molecule has 0 aliphatic heterocycles. The van der Waals surface area contributed by atoms with E-state index < -0.39 is 0 Å². The minimum Gasteiger partial charge on any atom is -0.485 e. The molecule has 2 aromatic rings. The van der Waals surface area contributed by atoms with Crippen LogP contribution < -0.4 is 15.9 Å². The van der Waals surface area contributed by atoms with Gasteiger partial charge in [0.15, 0.2) is 5.82 Å². The number of aromatic nitrogens is 3. The molecule has 142 valence electrons. The first kappa shape index (κ1) is 20.1. The zero-order valence-corrected chi connectivity index (χ0v) is 16.8. The van der Waals surface area contributed by atoms with Crippen LogP contribution in [0.2, 0.25) is 0 Å². The minimum absolute atomic E-state index is 0.0419. The van der Waals surface area contributed by atoms with Crippen molar-refractivity contribution < 1.29 is 9.53 Å². The lowest BCUT2D eigenvalue weighted by molar-refractivity contribution is -0.120. The third-order valence-electron chi connectivity index (χ3n) is 3.76. The van der Waals surface area contributed by atoms with E-state index in [1.165, 1.54) is 22.0 Å². The fourth-order valence-electron chi connectivity index (χ4n) is 2.25. The molecular formula is C18H27N5O2S. The first-order chi connectivity index (χ1) is 12.3. The molecule has 0 aliphatic rings. The van der Waals surface area contributed by atoms with Crippen LogP contribution in [0.1, 0.15) is 37.7 Å². The predicted octanol–water partition coefficient (Wildman–Crippen LogP) is 2.44. The number of benzene rings is 1. The Balaban J connectivity index is 1.95. The topological polar surface area (TPSA) is 95.1 Å². The Kier molecular flexibility index (Phi) is 6.90. The Morgan fingerprint density at radius 2 is 2.04 bits per heavy atom. The van der Waals surface area contributed by atoms with Crippen LogP contribution >= 0.6 is 11.8 Å². The second-order valence-corrected chi connectivity index (χ2v) is 8.03. The molecule has 0 bridgehead atoms. The van der Waals surface area contributed by atoms with Gasteiger partial charge in [-0.15, -0.1) is 10.2 Å². The number of thioether (sulfide) groups is 1. The first-order valence-corrected chi connectivity index (χ1v) is 9.49. The van der Waals surface area contributed by atoms with Gasteiger partial charge in [-0.25, -0.2) is 4.68 Å². The van der Waals surface area contributed by atoms with Crippen molar-refractivity contribution in [2.45, 2.75) is 51.6 Å². The zero-order chi connectivity index (χ0) is 19.3. The number of ether oxygens (including phenoxy) is 1. The molecular weight excluding hydrogens is 350 g/mol. The predicted molar refractivity (Wildman–Crippen MR) is 104 cm³/mol. The minimum atomic E-state index is -0.312. The Morgan fingerprint density at radius 3 is 2.69 bits per heavy atom. The number of nitrogens with zero attached hydrogens (tertiary/aromatic N) is 3. The van der Waals surface area contributed by atoms with Crippen LogP contribution in [0, 0.1) is 19.8 Å². The highest BCUT2D eigenvalue weighted by Gasteiger charge is 2.19. The number of carbonyl (C=O) groups excluding carboxylic acids is 1. The maximum absolute atomic E-state index is 12.1. The summed E-state index contributed by atoms with van der Waals surface area (Å²) in [7, 11) is 0. The molecule has 1 heterocycles. The molecule has 26 heavy (non-hydrogen) atoms. The number of hydrogen-bond donors (Lipinski definition) is 2. The number of amides is 1. The van der Waals surface area contributed by atoms with Crippen molar-refractivity contribution in [2.75, 3.05) is 12.4 Å². The fraction of sp³-hybridized carbons (Fsp3) is 0.500. The van der Waals surface area contributed by atoms with E-state index in [-0.39, 0.29) is 17.8 Å². The Bertz CT molecular complexity index is 760. The molecule has 0 saturated carbocycles. The van der Waals surface area contributed by atoms with Crippen LogP contribution in [-0.2, 0) is 11.4 Å². The van der Waals surface area contributed by atoms with Crippen LogP contribution in [0.3, 0.4) is 0 Å². The number of nitrogens with two attached hydrogens (primary N) is 1. The smallest absolute Gasteiger partial charge is 0.233 e. The van der Waals surface area contributed by atoms with Crippen molar-refractivity contribution in [3.05, 3.63) is 35.2 Å². The largest absolute Gasteiger partial charge is 0.485 e. The summed E-state index contributed by atoms with van der Waals surface area (Å²) in [6.45, 7) is 10.8. The van der Waals surface area contributed by atoms with Crippen molar-refractivity contribution in [3.63, 3.8) is 0 Å². The maximum Gasteiger partial charge on any atom is 0.233 e. The molecule has 1 amide bonds. The Labute approximate surface area is 158 Å². The van der Waals surface area contributed by atoms with Crippen LogP contribution in [-0.4, -0.2) is 32.6 Å². The maximum atomic E-state index is 12.1. The summed E-state index contributed by atoms with van der Waals surface area (Å²) in [5, 5.41) is 11.2. The van der Waals surface area contributed by atoms with E-state index in [0.29, 0.717) is 23.4 Å². The SMILES string of the molecule is Cc1ccc(OCc2nnc(S[C@@H](C)C(=O)NCC(C)C)n2N)c(C)c1. The van der Waals surface area contributed by atoms with E-state index >= 15 is 0 Å². The number of rotatable bonds is 8. The molecule has 0 spiro atoms. The zero-order valence-electron chi connectivity index (χ0n) is 15.9. The second-order valence-electron chi connectivity index (χ2n) is 6.73. The molecule has 0 aliphatic carbocycles. The number of carbonyl (C=O) groups is 1. The van der Waals surface area contributed by atoms with Crippen molar-refractivity contribution in [2.24, 2.45) is 5.92 Å². The number of nitrogens with one attached hydrogen (secondary N) is 1. The number of hydrogen-bond acceptors (Lipinski definition) is 6. The molecule has 1 aromatic heterocycles. The van der Waals surface area contributed by atoms with Gasteiger partial charge in [0.05, 0.1) is 5.25 Å². The lowest BCUT2D eigenvalue weighted by Gasteiger charge is -2.13. The lowest BCUT2D eigenvalue weighted by atomic mass is 10.1. The molecule has 2 rings (SSSR count). The highest BCUT2D eigenvalue weighted by Crippen LogP contribution is 2.22. The van der Waals surface area contributed by atoms with E-state index in [1.54, 1.807) is 0 Å². The fourth-order valence-corrected chi connectivity index (χ4v) is 3.06. The van der Waals surface area contributed by atoms with E-state index in [0.717, 1.165) is 11.3 Å². The number of nitrogen functional groups attached to an aromatic ring is 1. The quantitative estimate of drug-likeness (QED) is 0.542. The standard InChI is InChI=1S/C18H27N5O2S/c1-11(2)9-20-17(24)14(5)26-18-22-21-16(23(18)19)10-25-15-7-6-12(3)8-13(15)4/h6-8,11,14H,9-10,19H2,1-5H3,(H,20,24)/t14-/m0/s1. The molecule has 3 N–H and O–H groups in total. The van der Waals surface area contributed by atoms with Gasteiger partial charge in [0, 0.05) is 6.54 Å². The van der Waals surface area contributed by atoms with Crippen molar-refractivity contribution in [1.29, 1.82) is 0 Å². The average molecular weight is 378 g/mol. The van der Waals surface area contributed by atoms with Gasteiger partial charge < -0.3 is 15.9 Å². The average Bonchev–Trinajstić information content (AvgIpc) is 2.92. The summed E-state index contributed by atoms with van der Waals surface area (Å²) in [5.41, 5.74) is 2.23. The van der Waals surface area contributed by atoms with Crippen LogP contribution in [0.5, 0.6) is 5.75 Å². The highest BCUT2D eigenvalue weighted by molar-refractivity contribution is 8.00. The monoisotopic (exact) mass is 377 g/mol. The molecule has 7 nitrogen and oxygen atoms in total. The molecule has 8 heteroatoms.